The summed E-state index contributed by atoms with van der Waals surface area (Å²) < 4.78 is 13.2. The third-order valence-electron chi connectivity index (χ3n) is 3.81. The lowest BCUT2D eigenvalue weighted by Gasteiger charge is -2.40. The van der Waals surface area contributed by atoms with Crippen molar-refractivity contribution >= 4 is 5.82 Å². The fourth-order valence-corrected chi connectivity index (χ4v) is 2.64. The van der Waals surface area contributed by atoms with E-state index >= 15 is 0 Å². The molecule has 0 N–H and O–H groups in total. The number of anilines is 1. The van der Waals surface area contributed by atoms with Crippen LogP contribution in [0.1, 0.15) is 19.4 Å². The fourth-order valence-electron chi connectivity index (χ4n) is 2.64. The number of ether oxygens (including phenoxy) is 2. The van der Waals surface area contributed by atoms with Gasteiger partial charge in [-0.15, -0.1) is 0 Å². The summed E-state index contributed by atoms with van der Waals surface area (Å²) in [6.07, 6.45) is 7.24. The van der Waals surface area contributed by atoms with Crippen LogP contribution in [0.25, 0.3) is 0 Å². The SMILES string of the molecule is CCOc1cncc(N2CCOC(C)(c3cnn(C)c3)C2)n1. The van der Waals surface area contributed by atoms with Crippen LogP contribution in [0.3, 0.4) is 0 Å². The minimum absolute atomic E-state index is 0.407. The highest BCUT2D eigenvalue weighted by Gasteiger charge is 2.35. The molecule has 22 heavy (non-hydrogen) atoms. The largest absolute Gasteiger partial charge is 0.477 e. The molecule has 0 saturated carbocycles. The first-order valence-corrected chi connectivity index (χ1v) is 7.43. The Morgan fingerprint density at radius 3 is 2.95 bits per heavy atom. The Morgan fingerprint density at radius 2 is 2.23 bits per heavy atom. The van der Waals surface area contributed by atoms with E-state index < -0.39 is 5.60 Å². The van der Waals surface area contributed by atoms with Gasteiger partial charge in [0.15, 0.2) is 5.82 Å². The monoisotopic (exact) mass is 303 g/mol. The first-order chi connectivity index (χ1) is 10.6. The molecule has 2 aromatic rings. The maximum absolute atomic E-state index is 6.02. The number of aromatic nitrogens is 4. The number of hydrogen-bond acceptors (Lipinski definition) is 6. The molecule has 0 spiro atoms. The maximum atomic E-state index is 6.02. The van der Waals surface area contributed by atoms with Crippen molar-refractivity contribution in [1.29, 1.82) is 0 Å². The Hall–Kier alpha value is -2.15. The Morgan fingerprint density at radius 1 is 1.36 bits per heavy atom. The van der Waals surface area contributed by atoms with Crippen molar-refractivity contribution in [3.63, 3.8) is 0 Å². The zero-order valence-electron chi connectivity index (χ0n) is 13.2. The quantitative estimate of drug-likeness (QED) is 0.850. The second kappa shape index (κ2) is 5.92. The number of nitrogens with zero attached hydrogens (tertiary/aromatic N) is 5. The van der Waals surface area contributed by atoms with Crippen molar-refractivity contribution in [2.75, 3.05) is 31.2 Å². The highest BCUT2D eigenvalue weighted by atomic mass is 16.5. The van der Waals surface area contributed by atoms with Gasteiger partial charge in [0.25, 0.3) is 0 Å². The Kier molecular flexibility index (Phi) is 3.98. The van der Waals surface area contributed by atoms with Crippen LogP contribution in [0.5, 0.6) is 5.88 Å². The molecule has 3 rings (SSSR count). The van der Waals surface area contributed by atoms with Gasteiger partial charge >= 0.3 is 0 Å². The van der Waals surface area contributed by atoms with Crippen LogP contribution in [0.2, 0.25) is 0 Å². The average molecular weight is 303 g/mol. The van der Waals surface area contributed by atoms with Crippen LogP contribution in [0.4, 0.5) is 5.82 Å². The Bertz CT molecular complexity index is 644. The molecule has 0 amide bonds. The molecule has 7 nitrogen and oxygen atoms in total. The van der Waals surface area contributed by atoms with E-state index in [0.29, 0.717) is 25.6 Å². The highest BCUT2D eigenvalue weighted by Crippen LogP contribution is 2.31. The standard InChI is InChI=1S/C15H21N5O2/c1-4-21-14-9-16-8-13(18-14)20-5-6-22-15(2,11-20)12-7-17-19(3)10-12/h7-10H,4-6,11H2,1-3H3. The molecule has 0 aliphatic carbocycles. The summed E-state index contributed by atoms with van der Waals surface area (Å²) in [7, 11) is 1.91. The van der Waals surface area contributed by atoms with Crippen molar-refractivity contribution in [3.8, 4) is 5.88 Å². The molecule has 1 aliphatic heterocycles. The zero-order chi connectivity index (χ0) is 15.6. The number of rotatable bonds is 4. The van der Waals surface area contributed by atoms with Gasteiger partial charge in [-0.05, 0) is 13.8 Å². The maximum Gasteiger partial charge on any atom is 0.234 e. The van der Waals surface area contributed by atoms with Gasteiger partial charge in [0.1, 0.15) is 5.60 Å². The molecule has 1 atom stereocenters. The molecule has 0 aromatic carbocycles. The van der Waals surface area contributed by atoms with Gasteiger partial charge in [-0.25, -0.2) is 0 Å². The van der Waals surface area contributed by atoms with Crippen LogP contribution in [-0.4, -0.2) is 46.1 Å². The second-order valence-corrected chi connectivity index (χ2v) is 5.55. The first-order valence-electron chi connectivity index (χ1n) is 7.43. The van der Waals surface area contributed by atoms with Gasteiger partial charge in [-0.3, -0.25) is 9.67 Å². The van der Waals surface area contributed by atoms with Crippen molar-refractivity contribution in [2.45, 2.75) is 19.4 Å². The van der Waals surface area contributed by atoms with Crippen molar-refractivity contribution in [2.24, 2.45) is 7.05 Å². The molecule has 1 fully saturated rings. The van der Waals surface area contributed by atoms with E-state index in [1.807, 2.05) is 26.4 Å². The van der Waals surface area contributed by atoms with E-state index in [4.69, 9.17) is 9.47 Å². The summed E-state index contributed by atoms with van der Waals surface area (Å²) >= 11 is 0. The predicted octanol–water partition coefficient (Wildman–Crippen LogP) is 1.36. The topological polar surface area (TPSA) is 65.3 Å². The summed E-state index contributed by atoms with van der Waals surface area (Å²) in [5.41, 5.74) is 0.657. The smallest absolute Gasteiger partial charge is 0.234 e. The van der Waals surface area contributed by atoms with Crippen LogP contribution >= 0.6 is 0 Å². The molecule has 7 heteroatoms. The Labute approximate surface area is 129 Å². The van der Waals surface area contributed by atoms with E-state index in [1.54, 1.807) is 17.1 Å². The number of hydrogen-bond donors (Lipinski definition) is 0. The molecule has 1 aliphatic rings. The van der Waals surface area contributed by atoms with E-state index in [2.05, 4.69) is 26.9 Å². The van der Waals surface area contributed by atoms with Crippen molar-refractivity contribution in [1.82, 2.24) is 19.7 Å². The average Bonchev–Trinajstić information content (AvgIpc) is 2.95. The molecule has 0 radical (unpaired) electrons. The van der Waals surface area contributed by atoms with E-state index in [1.165, 1.54) is 0 Å². The molecule has 118 valence electrons. The van der Waals surface area contributed by atoms with Gasteiger partial charge < -0.3 is 14.4 Å². The molecule has 3 heterocycles. The van der Waals surface area contributed by atoms with Crippen molar-refractivity contribution < 1.29 is 9.47 Å². The van der Waals surface area contributed by atoms with Gasteiger partial charge in [-0.2, -0.15) is 10.1 Å². The van der Waals surface area contributed by atoms with Crippen LogP contribution in [0.15, 0.2) is 24.8 Å². The van der Waals surface area contributed by atoms with Gasteiger partial charge in [-0.1, -0.05) is 0 Å². The third-order valence-corrected chi connectivity index (χ3v) is 3.81. The molecule has 1 saturated heterocycles. The minimum Gasteiger partial charge on any atom is -0.477 e. The second-order valence-electron chi connectivity index (χ2n) is 5.55. The zero-order valence-corrected chi connectivity index (χ0v) is 13.2. The lowest BCUT2D eigenvalue weighted by Crippen LogP contribution is -2.48. The summed E-state index contributed by atoms with van der Waals surface area (Å²) in [4.78, 5) is 10.9. The lowest BCUT2D eigenvalue weighted by atomic mass is 9.97. The molecular weight excluding hydrogens is 282 g/mol. The lowest BCUT2D eigenvalue weighted by molar-refractivity contribution is -0.0468. The fraction of sp³-hybridized carbons (Fsp3) is 0.533. The summed E-state index contributed by atoms with van der Waals surface area (Å²) in [6, 6.07) is 0. The highest BCUT2D eigenvalue weighted by molar-refractivity contribution is 5.40. The predicted molar refractivity (Wildman–Crippen MR) is 81.9 cm³/mol. The van der Waals surface area contributed by atoms with Crippen molar-refractivity contribution in [3.05, 3.63) is 30.4 Å². The number of aryl methyl sites for hydroxylation is 1. The molecule has 2 aromatic heterocycles. The summed E-state index contributed by atoms with van der Waals surface area (Å²) in [5.74, 6) is 1.36. The minimum atomic E-state index is -0.407. The molecule has 0 bridgehead atoms. The first kappa shape index (κ1) is 14.8. The normalized spacial score (nSPS) is 21.9. The van der Waals surface area contributed by atoms with E-state index in [-0.39, 0.29) is 0 Å². The van der Waals surface area contributed by atoms with Crippen LogP contribution in [-0.2, 0) is 17.4 Å². The summed E-state index contributed by atoms with van der Waals surface area (Å²) in [6.45, 7) is 6.70. The van der Waals surface area contributed by atoms with Gasteiger partial charge in [0.2, 0.25) is 5.88 Å². The van der Waals surface area contributed by atoms with Crippen LogP contribution in [0, 0.1) is 0 Å². The Balaban J connectivity index is 1.82. The van der Waals surface area contributed by atoms with Gasteiger partial charge in [0.05, 0.1) is 38.3 Å². The molecule has 1 unspecified atom stereocenters. The van der Waals surface area contributed by atoms with Crippen LogP contribution < -0.4 is 9.64 Å². The molecular formula is C15H21N5O2. The van der Waals surface area contributed by atoms with E-state index in [0.717, 1.165) is 17.9 Å². The summed E-state index contributed by atoms with van der Waals surface area (Å²) in [5, 5.41) is 4.24. The number of morpholine rings is 1. The van der Waals surface area contributed by atoms with E-state index in [9.17, 15) is 0 Å². The third kappa shape index (κ3) is 2.89. The van der Waals surface area contributed by atoms with Gasteiger partial charge in [0, 0.05) is 25.4 Å².